The molecular weight excluding hydrogens is 217 g/mol. The molecular formula is C6H7BrClNO. The number of rotatable bonds is 0. The maximum absolute atomic E-state index is 10.6. The van der Waals surface area contributed by atoms with Crippen LogP contribution >= 0.6 is 28.3 Å². The first-order valence-electron chi connectivity index (χ1n) is 2.55. The fourth-order valence-corrected chi connectivity index (χ4v) is 0.784. The van der Waals surface area contributed by atoms with Gasteiger partial charge in [-0.1, -0.05) is 0 Å². The van der Waals surface area contributed by atoms with Gasteiger partial charge in [-0.3, -0.25) is 4.79 Å². The second kappa shape index (κ2) is 3.78. The van der Waals surface area contributed by atoms with E-state index in [2.05, 4.69) is 20.9 Å². The van der Waals surface area contributed by atoms with Gasteiger partial charge in [0.15, 0.2) is 0 Å². The molecule has 0 aliphatic carbocycles. The predicted molar refractivity (Wildman–Crippen MR) is 46.7 cm³/mol. The average Bonchev–Trinajstić information content (AvgIpc) is 1.80. The summed E-state index contributed by atoms with van der Waals surface area (Å²) < 4.78 is 0.933. The van der Waals surface area contributed by atoms with Crippen LogP contribution in [0.4, 0.5) is 0 Å². The summed E-state index contributed by atoms with van der Waals surface area (Å²) in [6.45, 7) is 1.87. The summed E-state index contributed by atoms with van der Waals surface area (Å²) in [5, 5.41) is 0. The summed E-state index contributed by atoms with van der Waals surface area (Å²) in [7, 11) is 0. The van der Waals surface area contributed by atoms with Crippen molar-refractivity contribution in [2.24, 2.45) is 0 Å². The van der Waals surface area contributed by atoms with Gasteiger partial charge < -0.3 is 4.98 Å². The molecule has 4 heteroatoms. The number of hydrogen-bond donors (Lipinski definition) is 1. The monoisotopic (exact) mass is 223 g/mol. The van der Waals surface area contributed by atoms with E-state index < -0.39 is 0 Å². The van der Waals surface area contributed by atoms with Crippen LogP contribution in [-0.2, 0) is 0 Å². The van der Waals surface area contributed by atoms with E-state index in [-0.39, 0.29) is 18.0 Å². The highest BCUT2D eigenvalue weighted by molar-refractivity contribution is 9.10. The molecule has 0 fully saturated rings. The van der Waals surface area contributed by atoms with Gasteiger partial charge in [-0.15, -0.1) is 12.4 Å². The maximum atomic E-state index is 10.6. The molecule has 10 heavy (non-hydrogen) atoms. The molecule has 0 unspecified atom stereocenters. The quantitative estimate of drug-likeness (QED) is 0.717. The number of aryl methyl sites for hydroxylation is 1. The molecule has 1 N–H and O–H groups in total. The third-order valence-electron chi connectivity index (χ3n) is 1.07. The standard InChI is InChI=1S/C6H6BrNO.ClH/c1-4-2-6(9)8-3-5(4)7;/h2-3H,1H3,(H,8,9);1H. The molecule has 56 valence electrons. The van der Waals surface area contributed by atoms with E-state index >= 15 is 0 Å². The van der Waals surface area contributed by atoms with Gasteiger partial charge in [0.05, 0.1) is 0 Å². The molecule has 1 aromatic rings. The number of aromatic nitrogens is 1. The van der Waals surface area contributed by atoms with Crippen molar-refractivity contribution in [3.63, 3.8) is 0 Å². The van der Waals surface area contributed by atoms with Crippen LogP contribution in [0.2, 0.25) is 0 Å². The largest absolute Gasteiger partial charge is 0.328 e. The highest BCUT2D eigenvalue weighted by atomic mass is 79.9. The van der Waals surface area contributed by atoms with Crippen LogP contribution in [0.3, 0.4) is 0 Å². The van der Waals surface area contributed by atoms with Gasteiger partial charge in [0.25, 0.3) is 0 Å². The SMILES string of the molecule is Cc1cc(=O)[nH]cc1Br.Cl. The number of aromatic amines is 1. The van der Waals surface area contributed by atoms with E-state index in [0.29, 0.717) is 0 Å². The molecule has 0 aromatic carbocycles. The van der Waals surface area contributed by atoms with E-state index in [1.807, 2.05) is 6.92 Å². The maximum Gasteiger partial charge on any atom is 0.248 e. The summed E-state index contributed by atoms with van der Waals surface area (Å²) in [6.07, 6.45) is 1.64. The van der Waals surface area contributed by atoms with Crippen LogP contribution in [0.25, 0.3) is 0 Å². The van der Waals surface area contributed by atoms with Crippen molar-refractivity contribution in [2.45, 2.75) is 6.92 Å². The molecule has 0 aliphatic heterocycles. The van der Waals surface area contributed by atoms with Crippen LogP contribution < -0.4 is 5.56 Å². The summed E-state index contributed by atoms with van der Waals surface area (Å²) in [5.74, 6) is 0. The Morgan fingerprint density at radius 2 is 2.20 bits per heavy atom. The molecule has 0 aliphatic rings. The number of nitrogens with one attached hydrogen (secondary N) is 1. The second-order valence-corrected chi connectivity index (χ2v) is 2.68. The summed E-state index contributed by atoms with van der Waals surface area (Å²) >= 11 is 3.26. The van der Waals surface area contributed by atoms with Gasteiger partial charge in [0.1, 0.15) is 0 Å². The lowest BCUT2D eigenvalue weighted by Gasteiger charge is -1.91. The average molecular weight is 224 g/mol. The van der Waals surface area contributed by atoms with E-state index in [0.717, 1.165) is 10.0 Å². The van der Waals surface area contributed by atoms with E-state index in [4.69, 9.17) is 0 Å². The van der Waals surface area contributed by atoms with Gasteiger partial charge in [0, 0.05) is 16.7 Å². The minimum atomic E-state index is -0.0595. The summed E-state index contributed by atoms with van der Waals surface area (Å²) in [4.78, 5) is 13.1. The third kappa shape index (κ3) is 2.15. The van der Waals surface area contributed by atoms with Crippen LogP contribution in [0.5, 0.6) is 0 Å². The Morgan fingerprint density at radius 3 is 2.60 bits per heavy atom. The van der Waals surface area contributed by atoms with Gasteiger partial charge in [0.2, 0.25) is 5.56 Å². The normalized spacial score (nSPS) is 8.60. The number of pyridine rings is 1. The first-order valence-corrected chi connectivity index (χ1v) is 3.34. The fourth-order valence-electron chi connectivity index (χ4n) is 0.556. The fraction of sp³-hybridized carbons (Fsp3) is 0.167. The van der Waals surface area contributed by atoms with E-state index in [9.17, 15) is 4.79 Å². The zero-order valence-electron chi connectivity index (χ0n) is 5.35. The highest BCUT2D eigenvalue weighted by Gasteiger charge is 1.91. The Balaban J connectivity index is 0.000000810. The lowest BCUT2D eigenvalue weighted by Crippen LogP contribution is -2.02. The highest BCUT2D eigenvalue weighted by Crippen LogP contribution is 2.09. The Morgan fingerprint density at radius 1 is 1.60 bits per heavy atom. The molecule has 0 amide bonds. The molecule has 0 saturated carbocycles. The van der Waals surface area contributed by atoms with Crippen molar-refractivity contribution in [1.29, 1.82) is 0 Å². The first kappa shape index (κ1) is 9.72. The third-order valence-corrected chi connectivity index (χ3v) is 1.92. The second-order valence-electron chi connectivity index (χ2n) is 1.83. The molecule has 0 atom stereocenters. The zero-order valence-corrected chi connectivity index (χ0v) is 7.75. The van der Waals surface area contributed by atoms with E-state index in [1.54, 1.807) is 12.3 Å². The molecule has 1 aromatic heterocycles. The molecule has 2 nitrogen and oxygen atoms in total. The minimum Gasteiger partial charge on any atom is -0.328 e. The molecule has 1 rings (SSSR count). The van der Waals surface area contributed by atoms with Crippen molar-refractivity contribution in [1.82, 2.24) is 4.98 Å². The summed E-state index contributed by atoms with van der Waals surface area (Å²) in [6, 6.07) is 1.55. The smallest absolute Gasteiger partial charge is 0.248 e. The molecule has 0 bridgehead atoms. The van der Waals surface area contributed by atoms with Crippen molar-refractivity contribution in [2.75, 3.05) is 0 Å². The molecule has 0 saturated heterocycles. The Hall–Kier alpha value is -0.280. The van der Waals surface area contributed by atoms with Gasteiger partial charge in [-0.2, -0.15) is 0 Å². The number of H-pyrrole nitrogens is 1. The lowest BCUT2D eigenvalue weighted by atomic mass is 10.3. The van der Waals surface area contributed by atoms with Gasteiger partial charge in [-0.05, 0) is 28.4 Å². The Kier molecular flexibility index (Phi) is 3.68. The Bertz CT molecular complexity index is 271. The van der Waals surface area contributed by atoms with Crippen molar-refractivity contribution >= 4 is 28.3 Å². The lowest BCUT2D eigenvalue weighted by molar-refractivity contribution is 1.19. The molecule has 0 radical (unpaired) electrons. The summed E-state index contributed by atoms with van der Waals surface area (Å²) in [5.41, 5.74) is 0.898. The van der Waals surface area contributed by atoms with Crippen molar-refractivity contribution in [3.8, 4) is 0 Å². The van der Waals surface area contributed by atoms with Crippen molar-refractivity contribution < 1.29 is 0 Å². The number of hydrogen-bond acceptors (Lipinski definition) is 1. The van der Waals surface area contributed by atoms with Crippen LogP contribution in [-0.4, -0.2) is 4.98 Å². The van der Waals surface area contributed by atoms with Gasteiger partial charge >= 0.3 is 0 Å². The predicted octanol–water partition coefficient (Wildman–Crippen LogP) is 1.87. The van der Waals surface area contributed by atoms with E-state index in [1.165, 1.54) is 0 Å². The first-order chi connectivity index (χ1) is 4.20. The molecule has 0 spiro atoms. The molecule has 1 heterocycles. The Labute approximate surface area is 73.2 Å². The van der Waals surface area contributed by atoms with Gasteiger partial charge in [-0.25, -0.2) is 0 Å². The zero-order chi connectivity index (χ0) is 6.85. The van der Waals surface area contributed by atoms with Crippen molar-refractivity contribution in [3.05, 3.63) is 32.7 Å². The number of halogens is 2. The van der Waals surface area contributed by atoms with Crippen LogP contribution in [0.15, 0.2) is 21.5 Å². The minimum absolute atomic E-state index is 0. The topological polar surface area (TPSA) is 32.9 Å². The van der Waals surface area contributed by atoms with Crippen LogP contribution in [0.1, 0.15) is 5.56 Å². The van der Waals surface area contributed by atoms with Crippen LogP contribution in [0, 0.1) is 6.92 Å².